The maximum atomic E-state index is 11.6. The third kappa shape index (κ3) is 3.29. The van der Waals surface area contributed by atoms with E-state index in [4.69, 9.17) is 16.0 Å². The fraction of sp³-hybridized carbons (Fsp3) is 0.214. The summed E-state index contributed by atoms with van der Waals surface area (Å²) in [5.74, 6) is 1.51. The molecule has 0 aliphatic rings. The van der Waals surface area contributed by atoms with Gasteiger partial charge in [-0.2, -0.15) is 0 Å². The number of furan rings is 1. The highest BCUT2D eigenvalue weighted by Crippen LogP contribution is 2.21. The molecule has 2 rings (SSSR count). The summed E-state index contributed by atoms with van der Waals surface area (Å²) in [5.41, 5.74) is 1.27. The molecule has 0 saturated carbocycles. The lowest BCUT2D eigenvalue weighted by Gasteiger charge is -2.08. The molecular weight excluding hydrogens is 264 g/mol. The van der Waals surface area contributed by atoms with E-state index in [1.807, 2.05) is 25.1 Å². The molecule has 2 N–H and O–H groups in total. The van der Waals surface area contributed by atoms with Gasteiger partial charge in [0.15, 0.2) is 0 Å². The van der Waals surface area contributed by atoms with Gasteiger partial charge in [-0.3, -0.25) is 4.79 Å². The number of halogens is 1. The number of aryl methyl sites for hydroxylation is 1. The number of benzene rings is 1. The molecule has 0 radical (unpaired) electrons. The summed E-state index contributed by atoms with van der Waals surface area (Å²) in [6, 6.07) is 9.07. The number of rotatable bonds is 4. The summed E-state index contributed by atoms with van der Waals surface area (Å²) in [6.45, 7) is 2.46. The molecule has 0 spiro atoms. The van der Waals surface area contributed by atoms with Crippen molar-refractivity contribution in [2.24, 2.45) is 0 Å². The summed E-state index contributed by atoms with van der Waals surface area (Å²) in [5, 5.41) is 6.17. The van der Waals surface area contributed by atoms with Crippen LogP contribution in [-0.2, 0) is 6.54 Å². The van der Waals surface area contributed by atoms with Gasteiger partial charge in [-0.15, -0.1) is 0 Å². The number of hydrogen-bond donors (Lipinski definition) is 2. The molecule has 0 saturated heterocycles. The van der Waals surface area contributed by atoms with Crippen LogP contribution in [0, 0.1) is 6.92 Å². The fourth-order valence-corrected chi connectivity index (χ4v) is 1.92. The molecule has 0 aliphatic carbocycles. The predicted molar refractivity (Wildman–Crippen MR) is 75.6 cm³/mol. The van der Waals surface area contributed by atoms with Gasteiger partial charge in [0.1, 0.15) is 11.5 Å². The van der Waals surface area contributed by atoms with Crippen LogP contribution in [0.2, 0.25) is 5.02 Å². The van der Waals surface area contributed by atoms with E-state index < -0.39 is 0 Å². The van der Waals surface area contributed by atoms with Crippen LogP contribution in [0.25, 0.3) is 0 Å². The molecule has 0 aliphatic heterocycles. The van der Waals surface area contributed by atoms with Crippen molar-refractivity contribution in [2.45, 2.75) is 13.5 Å². The highest BCUT2D eigenvalue weighted by atomic mass is 35.5. The molecule has 0 fully saturated rings. The smallest absolute Gasteiger partial charge is 0.252 e. The quantitative estimate of drug-likeness (QED) is 0.903. The van der Waals surface area contributed by atoms with E-state index in [0.29, 0.717) is 17.1 Å². The number of carbonyl (C=O) groups is 1. The molecule has 0 unspecified atom stereocenters. The lowest BCUT2D eigenvalue weighted by Crippen LogP contribution is -2.18. The normalized spacial score (nSPS) is 10.3. The zero-order valence-electron chi connectivity index (χ0n) is 10.8. The first-order valence-corrected chi connectivity index (χ1v) is 6.29. The minimum absolute atomic E-state index is 0.206. The van der Waals surface area contributed by atoms with Crippen LogP contribution in [0.3, 0.4) is 0 Å². The summed E-state index contributed by atoms with van der Waals surface area (Å²) in [6.07, 6.45) is 0. The number of carbonyl (C=O) groups excluding carboxylic acids is 1. The molecule has 0 atom stereocenters. The van der Waals surface area contributed by atoms with Crippen LogP contribution in [0.15, 0.2) is 34.7 Å². The lowest BCUT2D eigenvalue weighted by molar-refractivity contribution is 0.0963. The summed E-state index contributed by atoms with van der Waals surface area (Å²) in [7, 11) is 1.57. The van der Waals surface area contributed by atoms with Gasteiger partial charge in [-0.25, -0.2) is 0 Å². The third-order valence-electron chi connectivity index (χ3n) is 2.70. The lowest BCUT2D eigenvalue weighted by atomic mass is 10.2. The first kappa shape index (κ1) is 13.5. The van der Waals surface area contributed by atoms with E-state index in [2.05, 4.69) is 10.6 Å². The van der Waals surface area contributed by atoms with Crippen LogP contribution < -0.4 is 10.6 Å². The van der Waals surface area contributed by atoms with Crippen molar-refractivity contribution in [1.82, 2.24) is 5.32 Å². The van der Waals surface area contributed by atoms with Crippen molar-refractivity contribution in [1.29, 1.82) is 0 Å². The fourth-order valence-electron chi connectivity index (χ4n) is 1.71. The van der Waals surface area contributed by atoms with Crippen LogP contribution in [0.1, 0.15) is 21.9 Å². The molecule has 2 aromatic rings. The Kier molecular flexibility index (Phi) is 4.12. The van der Waals surface area contributed by atoms with E-state index >= 15 is 0 Å². The van der Waals surface area contributed by atoms with Gasteiger partial charge in [0.2, 0.25) is 0 Å². The monoisotopic (exact) mass is 278 g/mol. The molecule has 4 nitrogen and oxygen atoms in total. The Balaban J connectivity index is 2.10. The Morgan fingerprint density at radius 1 is 1.32 bits per heavy atom. The largest absolute Gasteiger partial charge is 0.465 e. The van der Waals surface area contributed by atoms with Crippen LogP contribution in [0.4, 0.5) is 5.69 Å². The van der Waals surface area contributed by atoms with Crippen molar-refractivity contribution >= 4 is 23.2 Å². The van der Waals surface area contributed by atoms with E-state index in [1.165, 1.54) is 0 Å². The predicted octanol–water partition coefficient (Wildman–Crippen LogP) is 3.21. The molecule has 1 amide bonds. The second kappa shape index (κ2) is 5.80. The SMILES string of the molecule is CNC(=O)c1cc(NCc2ccc(C)o2)ccc1Cl. The first-order chi connectivity index (χ1) is 9.10. The van der Waals surface area contributed by atoms with Gasteiger partial charge >= 0.3 is 0 Å². The highest BCUT2D eigenvalue weighted by molar-refractivity contribution is 6.34. The van der Waals surface area contributed by atoms with Crippen molar-refractivity contribution in [2.75, 3.05) is 12.4 Å². The second-order valence-corrected chi connectivity index (χ2v) is 4.55. The third-order valence-corrected chi connectivity index (χ3v) is 3.03. The summed E-state index contributed by atoms with van der Waals surface area (Å²) < 4.78 is 5.46. The minimum atomic E-state index is -0.206. The highest BCUT2D eigenvalue weighted by Gasteiger charge is 2.09. The van der Waals surface area contributed by atoms with Gasteiger partial charge < -0.3 is 15.1 Å². The van der Waals surface area contributed by atoms with Crippen molar-refractivity contribution in [3.05, 3.63) is 52.4 Å². The minimum Gasteiger partial charge on any atom is -0.465 e. The van der Waals surface area contributed by atoms with Crippen molar-refractivity contribution < 1.29 is 9.21 Å². The van der Waals surface area contributed by atoms with Gasteiger partial charge in [0, 0.05) is 12.7 Å². The zero-order chi connectivity index (χ0) is 13.8. The zero-order valence-corrected chi connectivity index (χ0v) is 11.5. The van der Waals surface area contributed by atoms with E-state index in [1.54, 1.807) is 19.2 Å². The van der Waals surface area contributed by atoms with Crippen LogP contribution >= 0.6 is 11.6 Å². The molecule has 100 valence electrons. The molecule has 19 heavy (non-hydrogen) atoms. The Morgan fingerprint density at radius 2 is 2.11 bits per heavy atom. The van der Waals surface area contributed by atoms with Gasteiger partial charge in [0.05, 0.1) is 17.1 Å². The first-order valence-electron chi connectivity index (χ1n) is 5.91. The van der Waals surface area contributed by atoms with Gasteiger partial charge in [0.25, 0.3) is 5.91 Å². The average Bonchev–Trinajstić information content (AvgIpc) is 2.83. The maximum absolute atomic E-state index is 11.6. The van der Waals surface area contributed by atoms with Crippen LogP contribution in [0.5, 0.6) is 0 Å². The van der Waals surface area contributed by atoms with Crippen molar-refractivity contribution in [3.8, 4) is 0 Å². The molecule has 1 aromatic carbocycles. The summed E-state index contributed by atoms with van der Waals surface area (Å²) >= 11 is 5.98. The Hall–Kier alpha value is -1.94. The van der Waals surface area contributed by atoms with E-state index in [-0.39, 0.29) is 5.91 Å². The topological polar surface area (TPSA) is 54.3 Å². The average molecular weight is 279 g/mol. The van der Waals surface area contributed by atoms with Gasteiger partial charge in [-0.05, 0) is 37.3 Å². The second-order valence-electron chi connectivity index (χ2n) is 4.14. The van der Waals surface area contributed by atoms with Crippen molar-refractivity contribution in [3.63, 3.8) is 0 Å². The number of nitrogens with one attached hydrogen (secondary N) is 2. The number of amides is 1. The molecule has 1 aromatic heterocycles. The standard InChI is InChI=1S/C14H15ClN2O2/c1-9-3-5-11(19-9)8-17-10-4-6-13(15)12(7-10)14(18)16-2/h3-7,17H,8H2,1-2H3,(H,16,18). The Bertz CT molecular complexity index is 593. The van der Waals surface area contributed by atoms with E-state index in [0.717, 1.165) is 17.2 Å². The van der Waals surface area contributed by atoms with E-state index in [9.17, 15) is 4.79 Å². The van der Waals surface area contributed by atoms with Crippen LogP contribution in [-0.4, -0.2) is 13.0 Å². The number of hydrogen-bond acceptors (Lipinski definition) is 3. The van der Waals surface area contributed by atoms with Gasteiger partial charge in [-0.1, -0.05) is 11.6 Å². The molecule has 1 heterocycles. The molecule has 5 heteroatoms. The molecular formula is C14H15ClN2O2. The number of anilines is 1. The summed E-state index contributed by atoms with van der Waals surface area (Å²) in [4.78, 5) is 11.6. The Morgan fingerprint density at radius 3 is 2.74 bits per heavy atom. The molecule has 0 bridgehead atoms. The Labute approximate surface area is 116 Å². The maximum Gasteiger partial charge on any atom is 0.252 e.